The van der Waals surface area contributed by atoms with Gasteiger partial charge < -0.3 is 4.74 Å². The largest absolute Gasteiger partial charge is 0.368 e. The Morgan fingerprint density at radius 2 is 2.08 bits per heavy atom. The quantitative estimate of drug-likeness (QED) is 0.653. The monoisotopic (exact) mass is 180 g/mol. The highest BCUT2D eigenvalue weighted by molar-refractivity contribution is 5.29. The Morgan fingerprint density at radius 3 is 2.46 bits per heavy atom. The number of aromatic nitrogens is 2. The van der Waals surface area contributed by atoms with Gasteiger partial charge in [0.1, 0.15) is 6.10 Å². The summed E-state index contributed by atoms with van der Waals surface area (Å²) >= 11 is 0. The zero-order valence-electron chi connectivity index (χ0n) is 8.66. The summed E-state index contributed by atoms with van der Waals surface area (Å²) < 4.78 is 7.37. The average Bonchev–Trinajstić information content (AvgIpc) is 2.80. The molecule has 1 aromatic heterocycles. The van der Waals surface area contributed by atoms with Gasteiger partial charge in [-0.3, -0.25) is 4.68 Å². The molecule has 1 atom stereocenters. The molecule has 0 aliphatic carbocycles. The predicted octanol–water partition coefficient (Wildman–Crippen LogP) is 2.15. The Labute approximate surface area is 78.7 Å². The van der Waals surface area contributed by atoms with Crippen molar-refractivity contribution in [3.63, 3.8) is 0 Å². The molecule has 2 heterocycles. The fourth-order valence-electron chi connectivity index (χ4n) is 1.86. The van der Waals surface area contributed by atoms with Gasteiger partial charge in [0, 0.05) is 17.3 Å². The first-order valence-electron chi connectivity index (χ1n) is 4.78. The number of ether oxygens (including phenoxy) is 1. The van der Waals surface area contributed by atoms with E-state index in [0.717, 1.165) is 12.3 Å². The zero-order valence-corrected chi connectivity index (χ0v) is 8.66. The Kier molecular flexibility index (Phi) is 1.91. The minimum Gasteiger partial charge on any atom is -0.368 e. The number of hydrogen-bond acceptors (Lipinski definition) is 2. The van der Waals surface area contributed by atoms with Gasteiger partial charge in [0.2, 0.25) is 0 Å². The van der Waals surface area contributed by atoms with Crippen LogP contribution in [0, 0.1) is 13.8 Å². The van der Waals surface area contributed by atoms with Gasteiger partial charge in [-0.25, -0.2) is 0 Å². The van der Waals surface area contributed by atoms with Gasteiger partial charge in [-0.1, -0.05) is 0 Å². The summed E-state index contributed by atoms with van der Waals surface area (Å²) in [5.74, 6) is 0. The van der Waals surface area contributed by atoms with Crippen LogP contribution < -0.4 is 0 Å². The SMILES string of the molecule is Cc1nn(C(C)C)c(C)c1C1CO1. The summed E-state index contributed by atoms with van der Waals surface area (Å²) in [6.45, 7) is 9.35. The highest BCUT2D eigenvalue weighted by Crippen LogP contribution is 2.34. The third-order valence-electron chi connectivity index (χ3n) is 2.53. The van der Waals surface area contributed by atoms with Gasteiger partial charge in [0.05, 0.1) is 12.3 Å². The lowest BCUT2D eigenvalue weighted by Crippen LogP contribution is -2.05. The van der Waals surface area contributed by atoms with E-state index < -0.39 is 0 Å². The summed E-state index contributed by atoms with van der Waals surface area (Å²) in [5, 5.41) is 4.51. The van der Waals surface area contributed by atoms with Crippen LogP contribution >= 0.6 is 0 Å². The van der Waals surface area contributed by atoms with Crippen molar-refractivity contribution in [3.8, 4) is 0 Å². The second-order valence-electron chi connectivity index (χ2n) is 3.94. The molecular formula is C10H16N2O. The molecule has 1 fully saturated rings. The van der Waals surface area contributed by atoms with Crippen molar-refractivity contribution in [3.05, 3.63) is 17.0 Å². The van der Waals surface area contributed by atoms with E-state index in [4.69, 9.17) is 4.74 Å². The second kappa shape index (κ2) is 2.84. The molecule has 0 aromatic carbocycles. The van der Waals surface area contributed by atoms with E-state index in [9.17, 15) is 0 Å². The van der Waals surface area contributed by atoms with Crippen LogP contribution in [0.2, 0.25) is 0 Å². The van der Waals surface area contributed by atoms with Gasteiger partial charge in [-0.05, 0) is 27.7 Å². The standard InChI is InChI=1S/C10H16N2O/c1-6(2)12-8(4)10(7(3)11-12)9-5-13-9/h6,9H,5H2,1-4H3. The Balaban J connectivity index is 2.44. The lowest BCUT2D eigenvalue weighted by Gasteiger charge is -2.07. The zero-order chi connectivity index (χ0) is 9.59. The van der Waals surface area contributed by atoms with E-state index >= 15 is 0 Å². The fraction of sp³-hybridized carbons (Fsp3) is 0.700. The van der Waals surface area contributed by atoms with Crippen molar-refractivity contribution in [2.24, 2.45) is 0 Å². The molecule has 1 aromatic rings. The van der Waals surface area contributed by atoms with E-state index in [2.05, 4.69) is 37.5 Å². The van der Waals surface area contributed by atoms with Crippen LogP contribution in [0.25, 0.3) is 0 Å². The van der Waals surface area contributed by atoms with E-state index in [-0.39, 0.29) is 0 Å². The maximum absolute atomic E-state index is 5.30. The van der Waals surface area contributed by atoms with E-state index in [0.29, 0.717) is 12.1 Å². The molecule has 13 heavy (non-hydrogen) atoms. The van der Waals surface area contributed by atoms with E-state index in [1.54, 1.807) is 0 Å². The highest BCUT2D eigenvalue weighted by Gasteiger charge is 2.31. The molecule has 1 saturated heterocycles. The Hall–Kier alpha value is -0.830. The Bertz CT molecular complexity index is 324. The van der Waals surface area contributed by atoms with Gasteiger partial charge in [-0.15, -0.1) is 0 Å². The van der Waals surface area contributed by atoms with Crippen LogP contribution in [-0.2, 0) is 4.74 Å². The van der Waals surface area contributed by atoms with Crippen LogP contribution in [0.1, 0.15) is 42.9 Å². The molecule has 3 heteroatoms. The number of hydrogen-bond donors (Lipinski definition) is 0. The lowest BCUT2D eigenvalue weighted by atomic mass is 10.1. The maximum atomic E-state index is 5.30. The molecule has 3 nitrogen and oxygen atoms in total. The minimum absolute atomic E-state index is 0.326. The molecule has 0 saturated carbocycles. The molecule has 1 unspecified atom stereocenters. The molecule has 0 amide bonds. The first kappa shape index (κ1) is 8.75. The first-order chi connectivity index (χ1) is 6.11. The Morgan fingerprint density at radius 1 is 1.46 bits per heavy atom. The molecule has 0 bridgehead atoms. The molecule has 0 spiro atoms. The van der Waals surface area contributed by atoms with Crippen LogP contribution in [0.15, 0.2) is 0 Å². The van der Waals surface area contributed by atoms with Crippen molar-refractivity contribution in [2.75, 3.05) is 6.61 Å². The van der Waals surface area contributed by atoms with Gasteiger partial charge in [0.15, 0.2) is 0 Å². The number of aryl methyl sites for hydroxylation is 1. The molecule has 0 radical (unpaired) electrons. The van der Waals surface area contributed by atoms with Gasteiger partial charge in [0.25, 0.3) is 0 Å². The summed E-state index contributed by atoms with van der Waals surface area (Å²) in [5.41, 5.74) is 3.68. The second-order valence-corrected chi connectivity index (χ2v) is 3.94. The van der Waals surface area contributed by atoms with Crippen molar-refractivity contribution in [1.29, 1.82) is 0 Å². The molecule has 2 rings (SSSR count). The van der Waals surface area contributed by atoms with Crippen LogP contribution in [0.5, 0.6) is 0 Å². The van der Waals surface area contributed by atoms with Crippen molar-refractivity contribution in [1.82, 2.24) is 9.78 Å². The van der Waals surface area contributed by atoms with Crippen molar-refractivity contribution >= 4 is 0 Å². The summed E-state index contributed by atoms with van der Waals surface area (Å²) in [4.78, 5) is 0. The average molecular weight is 180 g/mol. The third kappa shape index (κ3) is 1.37. The molecule has 72 valence electrons. The smallest absolute Gasteiger partial charge is 0.110 e. The molecule has 0 N–H and O–H groups in total. The van der Waals surface area contributed by atoms with Crippen molar-refractivity contribution < 1.29 is 4.74 Å². The highest BCUT2D eigenvalue weighted by atomic mass is 16.6. The van der Waals surface area contributed by atoms with Gasteiger partial charge >= 0.3 is 0 Å². The molecule has 1 aliphatic rings. The van der Waals surface area contributed by atoms with Crippen LogP contribution in [-0.4, -0.2) is 16.4 Å². The van der Waals surface area contributed by atoms with E-state index in [1.165, 1.54) is 11.3 Å². The normalized spacial score (nSPS) is 21.2. The van der Waals surface area contributed by atoms with Gasteiger partial charge in [-0.2, -0.15) is 5.10 Å². The number of epoxide rings is 1. The van der Waals surface area contributed by atoms with E-state index in [1.807, 2.05) is 0 Å². The first-order valence-corrected chi connectivity index (χ1v) is 4.78. The number of nitrogens with zero attached hydrogens (tertiary/aromatic N) is 2. The van der Waals surface area contributed by atoms with Crippen molar-refractivity contribution in [2.45, 2.75) is 39.8 Å². The molecular weight excluding hydrogens is 164 g/mol. The summed E-state index contributed by atoms with van der Waals surface area (Å²) in [6.07, 6.45) is 0.326. The fourth-order valence-corrected chi connectivity index (χ4v) is 1.86. The maximum Gasteiger partial charge on any atom is 0.110 e. The number of rotatable bonds is 2. The third-order valence-corrected chi connectivity index (χ3v) is 2.53. The van der Waals surface area contributed by atoms with Crippen LogP contribution in [0.3, 0.4) is 0 Å². The molecule has 1 aliphatic heterocycles. The van der Waals surface area contributed by atoms with Crippen LogP contribution in [0.4, 0.5) is 0 Å². The summed E-state index contributed by atoms with van der Waals surface area (Å²) in [6, 6.07) is 0.436. The predicted molar refractivity (Wildman–Crippen MR) is 50.8 cm³/mol. The topological polar surface area (TPSA) is 30.4 Å². The lowest BCUT2D eigenvalue weighted by molar-refractivity contribution is 0.413. The summed E-state index contributed by atoms with van der Waals surface area (Å²) in [7, 11) is 0. The minimum atomic E-state index is 0.326.